The van der Waals surface area contributed by atoms with Crippen molar-refractivity contribution >= 4 is 7.85 Å². The minimum Gasteiger partial charge on any atom is -0.0506 e. The van der Waals surface area contributed by atoms with E-state index < -0.39 is 0 Å². The summed E-state index contributed by atoms with van der Waals surface area (Å²) in [6, 6.07) is 0. The third-order valence-electron chi connectivity index (χ3n) is 10.7. The van der Waals surface area contributed by atoms with E-state index in [1.54, 1.807) is 25.7 Å². The van der Waals surface area contributed by atoms with Gasteiger partial charge in [-0.1, -0.05) is 6.42 Å². The van der Waals surface area contributed by atoms with E-state index in [9.17, 15) is 0 Å². The maximum absolute atomic E-state index is 2.72. The second-order valence-corrected chi connectivity index (χ2v) is 9.22. The summed E-state index contributed by atoms with van der Waals surface area (Å²) in [5.41, 5.74) is 3.12. The molecule has 0 heterocycles. The van der Waals surface area contributed by atoms with E-state index in [1.165, 1.54) is 41.4 Å². The lowest BCUT2D eigenvalue weighted by atomic mass is 8.83. The number of hydrogen-bond donors (Lipinski definition) is 0. The topological polar surface area (TPSA) is 0 Å². The molecule has 8 saturated carbocycles. The third-order valence-corrected chi connectivity index (χ3v) is 10.7. The van der Waals surface area contributed by atoms with Gasteiger partial charge in [-0.2, -0.15) is 0 Å². The van der Waals surface area contributed by atoms with Crippen molar-refractivity contribution in [1.82, 2.24) is 0 Å². The molecule has 0 N–H and O–H groups in total. The summed E-state index contributed by atoms with van der Waals surface area (Å²) in [7, 11) is 2.72. The molecule has 11 atom stereocenters. The van der Waals surface area contributed by atoms with Crippen LogP contribution in [0.3, 0.4) is 0 Å². The van der Waals surface area contributed by atoms with Gasteiger partial charge < -0.3 is 0 Å². The molecule has 0 radical (unpaired) electrons. The second kappa shape index (κ2) is 1.24. The van der Waals surface area contributed by atoms with Crippen LogP contribution in [-0.4, -0.2) is 7.85 Å². The van der Waals surface area contributed by atoms with E-state index in [2.05, 4.69) is 7.85 Å². The van der Waals surface area contributed by atoms with E-state index in [1.807, 2.05) is 0 Å². The first-order valence-corrected chi connectivity index (χ1v) is 7.77. The van der Waals surface area contributed by atoms with Gasteiger partial charge in [0.2, 0.25) is 0 Å². The van der Waals surface area contributed by atoms with Crippen molar-refractivity contribution < 1.29 is 0 Å². The van der Waals surface area contributed by atoms with Crippen LogP contribution in [-0.2, 0) is 0 Å². The molecule has 0 aliphatic heterocycles. The fourth-order valence-electron chi connectivity index (χ4n) is 11.8. The van der Waals surface area contributed by atoms with Gasteiger partial charge in [0, 0.05) is 0 Å². The highest BCUT2D eigenvalue weighted by atomic mass is 15.2. The molecule has 8 aliphatic rings. The predicted octanol–water partition coefficient (Wildman–Crippen LogP) is 1.72. The molecule has 0 bridgehead atoms. The summed E-state index contributed by atoms with van der Waals surface area (Å²) >= 11 is 0. The smallest absolute Gasteiger partial charge is 0.0506 e. The molecule has 8 fully saturated rings. The molecular formula is C15H17B. The summed E-state index contributed by atoms with van der Waals surface area (Å²) in [6.45, 7) is 0. The van der Waals surface area contributed by atoms with E-state index >= 15 is 0 Å². The zero-order valence-electron chi connectivity index (χ0n) is 9.87. The monoisotopic (exact) mass is 208 g/mol. The highest BCUT2D eigenvalue weighted by molar-refractivity contribution is 6.19. The summed E-state index contributed by atoms with van der Waals surface area (Å²) < 4.78 is 0. The van der Waals surface area contributed by atoms with E-state index in [0.717, 1.165) is 21.6 Å². The van der Waals surface area contributed by atoms with Crippen LogP contribution in [0.5, 0.6) is 0 Å². The van der Waals surface area contributed by atoms with E-state index in [-0.39, 0.29) is 0 Å². The van der Waals surface area contributed by atoms with E-state index in [0.29, 0.717) is 0 Å². The van der Waals surface area contributed by atoms with Gasteiger partial charge in [-0.25, -0.2) is 0 Å². The van der Waals surface area contributed by atoms with Crippen LogP contribution >= 0.6 is 0 Å². The van der Waals surface area contributed by atoms with Crippen LogP contribution in [0.25, 0.3) is 0 Å². The molecule has 0 amide bonds. The third kappa shape index (κ3) is 0.222. The Kier molecular flexibility index (Phi) is 0.530. The Morgan fingerprint density at radius 3 is 2.50 bits per heavy atom. The summed E-state index contributed by atoms with van der Waals surface area (Å²) in [6.07, 6.45) is 6.70. The van der Waals surface area contributed by atoms with E-state index in [4.69, 9.17) is 0 Å². The SMILES string of the molecule is BC12CC3CC4C5C6CC7CC8C1C5(C768)C342. The predicted molar refractivity (Wildman–Crippen MR) is 61.4 cm³/mol. The average molecular weight is 208 g/mol. The van der Waals surface area contributed by atoms with Gasteiger partial charge in [-0.15, -0.1) is 0 Å². The van der Waals surface area contributed by atoms with Crippen molar-refractivity contribution in [3.63, 3.8) is 0 Å². The summed E-state index contributed by atoms with van der Waals surface area (Å²) in [5.74, 6) is 8.90. The quantitative estimate of drug-likeness (QED) is 0.532. The normalized spacial score (nSPS) is 101. The molecule has 8 rings (SSSR count). The highest BCUT2D eigenvalue weighted by Crippen LogP contribution is 3.21. The number of rotatable bonds is 0. The van der Waals surface area contributed by atoms with Crippen LogP contribution in [0.15, 0.2) is 0 Å². The molecule has 80 valence electrons. The van der Waals surface area contributed by atoms with Gasteiger partial charge in [0.25, 0.3) is 0 Å². The molecule has 0 aromatic rings. The minimum atomic E-state index is 0.901. The van der Waals surface area contributed by atoms with Crippen LogP contribution in [0.4, 0.5) is 0 Å². The molecular weight excluding hydrogens is 191 g/mol. The van der Waals surface area contributed by atoms with Crippen LogP contribution in [0.1, 0.15) is 25.7 Å². The van der Waals surface area contributed by atoms with Crippen molar-refractivity contribution in [2.45, 2.75) is 31.0 Å². The Labute approximate surface area is 97.0 Å². The molecule has 16 heavy (non-hydrogen) atoms. The molecule has 3 spiro atoms. The van der Waals surface area contributed by atoms with Gasteiger partial charge in [-0.05, 0) is 82.2 Å². The van der Waals surface area contributed by atoms with Crippen LogP contribution in [0.2, 0.25) is 5.31 Å². The molecule has 8 aliphatic carbocycles. The second-order valence-electron chi connectivity index (χ2n) is 9.22. The Bertz CT molecular complexity index is 556. The fourth-order valence-corrected chi connectivity index (χ4v) is 11.8. The largest absolute Gasteiger partial charge is 0.110 e. The van der Waals surface area contributed by atoms with Gasteiger partial charge in [0.05, 0.1) is 0 Å². The van der Waals surface area contributed by atoms with Gasteiger partial charge >= 0.3 is 0 Å². The van der Waals surface area contributed by atoms with Gasteiger partial charge in [0.1, 0.15) is 7.85 Å². The Hall–Kier alpha value is 0.0649. The van der Waals surface area contributed by atoms with Crippen molar-refractivity contribution in [1.29, 1.82) is 0 Å². The van der Waals surface area contributed by atoms with Crippen molar-refractivity contribution in [3.05, 3.63) is 0 Å². The maximum Gasteiger partial charge on any atom is 0.110 e. The van der Waals surface area contributed by atoms with Crippen LogP contribution < -0.4 is 0 Å². The first-order chi connectivity index (χ1) is 7.77. The zero-order valence-corrected chi connectivity index (χ0v) is 9.87. The van der Waals surface area contributed by atoms with Crippen molar-refractivity contribution in [2.24, 2.45) is 57.7 Å². The molecule has 0 saturated heterocycles. The fraction of sp³-hybridized carbons (Fsp3) is 1.00. The first-order valence-electron chi connectivity index (χ1n) is 7.77. The lowest BCUT2D eigenvalue weighted by molar-refractivity contribution is -0.699. The minimum absolute atomic E-state index is 0.901. The standard InChI is InChI=1S/C15H17B/c16-12-4-6-3-8-10-7-1-5-2-9-11(12)15(10,13(5,7)9)14(6,8)12/h5-11H,1-4,16H2. The maximum atomic E-state index is 2.72. The van der Waals surface area contributed by atoms with Crippen molar-refractivity contribution in [3.8, 4) is 0 Å². The Morgan fingerprint density at radius 2 is 1.69 bits per heavy atom. The molecule has 0 aromatic carbocycles. The summed E-state index contributed by atoms with van der Waals surface area (Å²) in [5, 5.41) is 0.901. The molecule has 11 unspecified atom stereocenters. The average Bonchev–Trinajstić information content (AvgIpc) is 2.14. The first kappa shape index (κ1) is 6.85. The zero-order chi connectivity index (χ0) is 9.87. The Morgan fingerprint density at radius 1 is 0.875 bits per heavy atom. The number of hydrogen-bond acceptors (Lipinski definition) is 0. The molecule has 1 heteroatoms. The molecule has 0 nitrogen and oxygen atoms in total. The lowest BCUT2D eigenvalue weighted by Gasteiger charge is -3.19. The van der Waals surface area contributed by atoms with Crippen LogP contribution in [0, 0.1) is 57.7 Å². The molecule has 0 aromatic heterocycles. The van der Waals surface area contributed by atoms with Gasteiger partial charge in [0.15, 0.2) is 0 Å². The summed E-state index contributed by atoms with van der Waals surface area (Å²) in [4.78, 5) is 0. The van der Waals surface area contributed by atoms with Gasteiger partial charge in [-0.3, -0.25) is 0 Å². The van der Waals surface area contributed by atoms with Crippen molar-refractivity contribution in [2.75, 3.05) is 0 Å². The Balaban J connectivity index is 1.51. The highest BCUT2D eigenvalue weighted by Gasteiger charge is 3.15. The lowest BCUT2D eigenvalue weighted by Crippen LogP contribution is -3.14. The number of fused-ring (bicyclic) bond motifs is 4.